The molecule has 1 heterocycles. The normalized spacial score (nSPS) is 32.7. The number of nitrogens with zero attached hydrogens (tertiary/aromatic N) is 1. The number of benzene rings is 2. The van der Waals surface area contributed by atoms with Gasteiger partial charge in [-0.2, -0.15) is 0 Å². The minimum absolute atomic E-state index is 0.250. The molecule has 2 aromatic carbocycles. The first-order valence-electron chi connectivity index (χ1n) is 10.7. The summed E-state index contributed by atoms with van der Waals surface area (Å²) in [7, 11) is 0. The lowest BCUT2D eigenvalue weighted by Gasteiger charge is -2.31. The zero-order valence-corrected chi connectivity index (χ0v) is 16.1. The lowest BCUT2D eigenvalue weighted by Crippen LogP contribution is -2.24. The lowest BCUT2D eigenvalue weighted by molar-refractivity contribution is 0.298. The molecule has 2 N–H and O–H groups in total. The number of hydrogen-bond acceptors (Lipinski definition) is 2. The van der Waals surface area contributed by atoms with Gasteiger partial charge in [0.15, 0.2) is 0 Å². The second-order valence-corrected chi connectivity index (χ2v) is 9.28. The summed E-state index contributed by atoms with van der Waals surface area (Å²) in [6.45, 7) is 0. The van der Waals surface area contributed by atoms with Crippen LogP contribution in [0.4, 0.5) is 0 Å². The molecule has 29 heavy (non-hydrogen) atoms. The molecule has 4 aliphatic carbocycles. The smallest absolute Gasteiger partial charge is 0.202 e. The van der Waals surface area contributed by atoms with Gasteiger partial charge in [0.25, 0.3) is 0 Å². The number of aromatic hydroxyl groups is 2. The lowest BCUT2D eigenvalue weighted by atomic mass is 9.72. The molecule has 4 aliphatic rings. The second-order valence-electron chi connectivity index (χ2n) is 9.28. The fourth-order valence-corrected chi connectivity index (χ4v) is 7.25. The van der Waals surface area contributed by atoms with E-state index in [9.17, 15) is 10.2 Å². The van der Waals surface area contributed by atoms with E-state index in [1.807, 2.05) is 30.3 Å². The fraction of sp³-hybridized carbons (Fsp3) is 0.308. The molecule has 3 nitrogen and oxygen atoms in total. The van der Waals surface area contributed by atoms with Gasteiger partial charge in [-0.05, 0) is 71.6 Å². The average Bonchev–Trinajstić information content (AvgIpc) is 3.55. The molecular weight excluding hydrogens is 358 g/mol. The minimum atomic E-state index is 0.250. The van der Waals surface area contributed by atoms with Crippen molar-refractivity contribution in [3.63, 3.8) is 0 Å². The van der Waals surface area contributed by atoms with E-state index in [0.717, 1.165) is 34.4 Å². The first-order valence-corrected chi connectivity index (χ1v) is 10.7. The van der Waals surface area contributed by atoms with Crippen molar-refractivity contribution in [2.24, 2.45) is 23.7 Å². The van der Waals surface area contributed by atoms with Gasteiger partial charge in [-0.3, -0.25) is 4.57 Å². The number of fused-ring (bicyclic) bond motifs is 12. The van der Waals surface area contributed by atoms with Crippen molar-refractivity contribution >= 4 is 0 Å². The SMILES string of the molecule is Oc1c2c(c(O)n1-c1cccc(-c3ccccc3)c1)C1CC2C2C3C=CC(C3)C12. The summed E-state index contributed by atoms with van der Waals surface area (Å²) >= 11 is 0. The van der Waals surface area contributed by atoms with Crippen LogP contribution in [0, 0.1) is 23.7 Å². The highest BCUT2D eigenvalue weighted by molar-refractivity contribution is 5.68. The third-order valence-electron chi connectivity index (χ3n) is 8.17. The molecule has 3 aromatic rings. The van der Waals surface area contributed by atoms with Crippen LogP contribution in [0.5, 0.6) is 11.8 Å². The second kappa shape index (κ2) is 5.35. The topological polar surface area (TPSA) is 45.4 Å². The third-order valence-corrected chi connectivity index (χ3v) is 8.17. The fourth-order valence-electron chi connectivity index (χ4n) is 7.25. The van der Waals surface area contributed by atoms with Gasteiger partial charge in [-0.15, -0.1) is 0 Å². The summed E-state index contributed by atoms with van der Waals surface area (Å²) in [6, 6.07) is 18.3. The van der Waals surface area contributed by atoms with E-state index in [-0.39, 0.29) is 11.8 Å². The van der Waals surface area contributed by atoms with Crippen molar-refractivity contribution in [2.45, 2.75) is 24.7 Å². The van der Waals surface area contributed by atoms with Crippen molar-refractivity contribution in [1.29, 1.82) is 0 Å². The Morgan fingerprint density at radius 2 is 1.31 bits per heavy atom. The molecule has 7 rings (SSSR count). The van der Waals surface area contributed by atoms with E-state index < -0.39 is 0 Å². The molecule has 1 aromatic heterocycles. The van der Waals surface area contributed by atoms with Crippen LogP contribution in [0.1, 0.15) is 35.8 Å². The van der Waals surface area contributed by atoms with Gasteiger partial charge in [-0.1, -0.05) is 54.6 Å². The van der Waals surface area contributed by atoms with Crippen LogP contribution >= 0.6 is 0 Å². The van der Waals surface area contributed by atoms with Crippen molar-refractivity contribution in [1.82, 2.24) is 4.57 Å². The maximum atomic E-state index is 11.2. The predicted molar refractivity (Wildman–Crippen MR) is 112 cm³/mol. The zero-order valence-electron chi connectivity index (χ0n) is 16.1. The van der Waals surface area contributed by atoms with E-state index in [0.29, 0.717) is 35.5 Å². The summed E-state index contributed by atoms with van der Waals surface area (Å²) in [5.41, 5.74) is 5.09. The van der Waals surface area contributed by atoms with Crippen LogP contribution in [0.15, 0.2) is 66.7 Å². The molecule has 0 radical (unpaired) electrons. The Bertz CT molecular complexity index is 1130. The van der Waals surface area contributed by atoms with Crippen LogP contribution in [-0.4, -0.2) is 14.8 Å². The van der Waals surface area contributed by atoms with Crippen LogP contribution in [-0.2, 0) is 0 Å². The standard InChI is InChI=1S/C26H23NO2/c28-25-23-19-13-20(22-17-10-9-16(11-17)21(19)22)24(23)26(29)27(25)18-8-4-7-15(12-18)14-5-2-1-3-6-14/h1-10,12,16-17,19-22,28-29H,11,13H2. The van der Waals surface area contributed by atoms with Gasteiger partial charge in [-0.25, -0.2) is 0 Å². The van der Waals surface area contributed by atoms with Crippen molar-refractivity contribution < 1.29 is 10.2 Å². The first-order chi connectivity index (χ1) is 14.2. The molecule has 0 amide bonds. The highest BCUT2D eigenvalue weighted by Gasteiger charge is 2.62. The molecule has 3 heteroatoms. The van der Waals surface area contributed by atoms with E-state index in [1.165, 1.54) is 6.42 Å². The Hall–Kier alpha value is -2.94. The molecule has 0 spiro atoms. The molecular formula is C26H23NO2. The Kier molecular flexibility index (Phi) is 2.94. The Labute approximate surface area is 169 Å². The predicted octanol–water partition coefficient (Wildman–Crippen LogP) is 5.58. The van der Waals surface area contributed by atoms with E-state index in [4.69, 9.17) is 0 Å². The summed E-state index contributed by atoms with van der Waals surface area (Å²) < 4.78 is 1.67. The quantitative estimate of drug-likeness (QED) is 0.450. The molecule has 0 aliphatic heterocycles. The molecule has 6 unspecified atom stereocenters. The molecule has 2 fully saturated rings. The van der Waals surface area contributed by atoms with E-state index >= 15 is 0 Å². The number of hydrogen-bond donors (Lipinski definition) is 2. The van der Waals surface area contributed by atoms with Gasteiger partial charge in [0.1, 0.15) is 0 Å². The molecule has 0 saturated heterocycles. The van der Waals surface area contributed by atoms with E-state index in [2.05, 4.69) is 36.4 Å². The summed E-state index contributed by atoms with van der Waals surface area (Å²) in [5.74, 6) is 3.92. The highest BCUT2D eigenvalue weighted by atomic mass is 16.3. The Morgan fingerprint density at radius 1 is 0.690 bits per heavy atom. The largest absolute Gasteiger partial charge is 0.494 e. The number of aromatic nitrogens is 1. The maximum Gasteiger partial charge on any atom is 0.202 e. The van der Waals surface area contributed by atoms with Gasteiger partial charge >= 0.3 is 0 Å². The van der Waals surface area contributed by atoms with E-state index in [1.54, 1.807) is 4.57 Å². The van der Waals surface area contributed by atoms with Gasteiger partial charge < -0.3 is 10.2 Å². The molecule has 4 bridgehead atoms. The van der Waals surface area contributed by atoms with Crippen LogP contribution in [0.2, 0.25) is 0 Å². The number of allylic oxidation sites excluding steroid dienone is 2. The molecule has 2 saturated carbocycles. The maximum absolute atomic E-state index is 11.2. The summed E-state index contributed by atoms with van der Waals surface area (Å²) in [4.78, 5) is 0. The Morgan fingerprint density at radius 3 is 1.97 bits per heavy atom. The average molecular weight is 381 g/mol. The van der Waals surface area contributed by atoms with Crippen molar-refractivity contribution in [3.05, 3.63) is 77.9 Å². The monoisotopic (exact) mass is 381 g/mol. The summed E-state index contributed by atoms with van der Waals surface area (Å²) in [5, 5.41) is 22.5. The molecule has 6 atom stereocenters. The van der Waals surface area contributed by atoms with Crippen LogP contribution in [0.3, 0.4) is 0 Å². The highest BCUT2D eigenvalue weighted by Crippen LogP contribution is 2.72. The number of rotatable bonds is 2. The van der Waals surface area contributed by atoms with Gasteiger partial charge in [0, 0.05) is 11.1 Å². The third kappa shape index (κ3) is 1.89. The molecule has 144 valence electrons. The summed E-state index contributed by atoms with van der Waals surface area (Å²) in [6.07, 6.45) is 7.18. The first kappa shape index (κ1) is 15.9. The minimum Gasteiger partial charge on any atom is -0.494 e. The van der Waals surface area contributed by atoms with Crippen molar-refractivity contribution in [3.8, 4) is 28.6 Å². The van der Waals surface area contributed by atoms with Gasteiger partial charge in [0.05, 0.1) is 5.69 Å². The van der Waals surface area contributed by atoms with Crippen molar-refractivity contribution in [2.75, 3.05) is 0 Å². The van der Waals surface area contributed by atoms with Crippen LogP contribution in [0.25, 0.3) is 16.8 Å². The Balaban J connectivity index is 1.37. The zero-order chi connectivity index (χ0) is 19.3. The van der Waals surface area contributed by atoms with Gasteiger partial charge in [0.2, 0.25) is 11.8 Å². The van der Waals surface area contributed by atoms with Crippen LogP contribution < -0.4 is 0 Å².